The van der Waals surface area contributed by atoms with E-state index in [-0.39, 0.29) is 12.5 Å². The number of alkyl halides is 3. The highest BCUT2D eigenvalue weighted by molar-refractivity contribution is 5.96. The molecule has 1 aliphatic heterocycles. The Kier molecular flexibility index (Phi) is 4.51. The van der Waals surface area contributed by atoms with E-state index < -0.39 is 29.0 Å². The first kappa shape index (κ1) is 15.8. The van der Waals surface area contributed by atoms with E-state index in [0.29, 0.717) is 32.0 Å². The zero-order valence-electron chi connectivity index (χ0n) is 11.2. The molecule has 0 atom stereocenters. The van der Waals surface area contributed by atoms with Gasteiger partial charge in [0, 0.05) is 19.7 Å². The van der Waals surface area contributed by atoms with Crippen molar-refractivity contribution in [2.45, 2.75) is 19.0 Å². The third kappa shape index (κ3) is 3.53. The van der Waals surface area contributed by atoms with Gasteiger partial charge in [0.2, 0.25) is 0 Å². The Balaban J connectivity index is 2.24. The van der Waals surface area contributed by atoms with Gasteiger partial charge in [0.1, 0.15) is 5.82 Å². The summed E-state index contributed by atoms with van der Waals surface area (Å²) in [6.07, 6.45) is -3.69. The van der Waals surface area contributed by atoms with Gasteiger partial charge in [-0.3, -0.25) is 4.79 Å². The van der Waals surface area contributed by atoms with E-state index in [0.717, 1.165) is 12.1 Å². The lowest BCUT2D eigenvalue weighted by Gasteiger charge is -2.31. The van der Waals surface area contributed by atoms with Crippen LogP contribution in [0.4, 0.5) is 17.6 Å². The summed E-state index contributed by atoms with van der Waals surface area (Å²) >= 11 is 0. The van der Waals surface area contributed by atoms with Crippen molar-refractivity contribution in [3.05, 3.63) is 35.1 Å². The highest BCUT2D eigenvalue weighted by atomic mass is 19.4. The number of rotatable bonds is 2. The van der Waals surface area contributed by atoms with Gasteiger partial charge in [0.05, 0.1) is 11.1 Å². The Hall–Kier alpha value is -1.63. The van der Waals surface area contributed by atoms with Crippen molar-refractivity contribution in [3.63, 3.8) is 0 Å². The Morgan fingerprint density at radius 2 is 1.90 bits per heavy atom. The second-order valence-corrected chi connectivity index (χ2v) is 5.11. The molecule has 2 rings (SSSR count). The van der Waals surface area contributed by atoms with E-state index >= 15 is 0 Å². The zero-order chi connectivity index (χ0) is 15.6. The maximum atomic E-state index is 13.0. The van der Waals surface area contributed by atoms with E-state index in [4.69, 9.17) is 5.11 Å². The van der Waals surface area contributed by atoms with Crippen molar-refractivity contribution in [1.29, 1.82) is 0 Å². The SMILES string of the molecule is O=C(c1ccc(F)cc1C(F)(F)F)N1CCC(CO)CC1. The summed E-state index contributed by atoms with van der Waals surface area (Å²) in [5, 5.41) is 9.02. The number of likely N-dealkylation sites (tertiary alicyclic amines) is 1. The fourth-order valence-corrected chi connectivity index (χ4v) is 2.43. The van der Waals surface area contributed by atoms with Gasteiger partial charge >= 0.3 is 6.18 Å². The van der Waals surface area contributed by atoms with Crippen LogP contribution in [-0.2, 0) is 6.18 Å². The minimum absolute atomic E-state index is 0.00633. The number of carbonyl (C=O) groups is 1. The average molecular weight is 305 g/mol. The highest BCUT2D eigenvalue weighted by Gasteiger charge is 2.37. The van der Waals surface area contributed by atoms with Crippen LogP contribution in [0, 0.1) is 11.7 Å². The summed E-state index contributed by atoms with van der Waals surface area (Å²) in [5.41, 5.74) is -1.79. The van der Waals surface area contributed by atoms with Crippen molar-refractivity contribution in [2.75, 3.05) is 19.7 Å². The van der Waals surface area contributed by atoms with Crippen LogP contribution < -0.4 is 0 Å². The number of nitrogens with zero attached hydrogens (tertiary/aromatic N) is 1. The summed E-state index contributed by atoms with van der Waals surface area (Å²) in [7, 11) is 0. The normalized spacial score (nSPS) is 17.1. The molecule has 116 valence electrons. The second-order valence-electron chi connectivity index (χ2n) is 5.11. The molecule has 0 aromatic heterocycles. The molecule has 1 aromatic rings. The van der Waals surface area contributed by atoms with Gasteiger partial charge < -0.3 is 10.0 Å². The molecule has 0 spiro atoms. The number of carbonyl (C=O) groups excluding carboxylic acids is 1. The number of aliphatic hydroxyl groups excluding tert-OH is 1. The molecule has 7 heteroatoms. The standard InChI is InChI=1S/C14H15F4NO2/c15-10-1-2-11(12(7-10)14(16,17)18)13(21)19-5-3-9(8-20)4-6-19/h1-2,7,9,20H,3-6,8H2. The molecule has 1 amide bonds. The predicted molar refractivity (Wildman–Crippen MR) is 67.1 cm³/mol. The first-order valence-electron chi connectivity index (χ1n) is 6.60. The van der Waals surface area contributed by atoms with Crippen LogP contribution in [0.3, 0.4) is 0 Å². The molecular formula is C14H15F4NO2. The molecule has 1 saturated heterocycles. The van der Waals surface area contributed by atoms with E-state index in [1.54, 1.807) is 0 Å². The minimum Gasteiger partial charge on any atom is -0.396 e. The lowest BCUT2D eigenvalue weighted by Crippen LogP contribution is -2.40. The Labute approximate surface area is 119 Å². The molecule has 1 fully saturated rings. The van der Waals surface area contributed by atoms with E-state index in [1.165, 1.54) is 4.90 Å². The average Bonchev–Trinajstić information content (AvgIpc) is 2.45. The van der Waals surface area contributed by atoms with Crippen LogP contribution in [0.25, 0.3) is 0 Å². The molecule has 0 bridgehead atoms. The summed E-state index contributed by atoms with van der Waals surface area (Å²) in [6.45, 7) is 0.587. The zero-order valence-corrected chi connectivity index (χ0v) is 11.2. The molecule has 0 saturated carbocycles. The third-order valence-corrected chi connectivity index (χ3v) is 3.68. The monoisotopic (exact) mass is 305 g/mol. The molecule has 0 aliphatic carbocycles. The lowest BCUT2D eigenvalue weighted by atomic mass is 9.96. The molecule has 0 unspecified atom stereocenters. The van der Waals surface area contributed by atoms with Crippen molar-refractivity contribution in [3.8, 4) is 0 Å². The van der Waals surface area contributed by atoms with Gasteiger partial charge in [-0.25, -0.2) is 4.39 Å². The maximum Gasteiger partial charge on any atom is 0.417 e. The molecule has 1 N–H and O–H groups in total. The van der Waals surface area contributed by atoms with Crippen LogP contribution in [-0.4, -0.2) is 35.6 Å². The first-order chi connectivity index (χ1) is 9.82. The maximum absolute atomic E-state index is 13.0. The topological polar surface area (TPSA) is 40.5 Å². The van der Waals surface area contributed by atoms with Crippen molar-refractivity contribution < 1.29 is 27.5 Å². The summed E-state index contributed by atoms with van der Waals surface area (Å²) in [5.74, 6) is -1.71. The van der Waals surface area contributed by atoms with Crippen LogP contribution in [0.2, 0.25) is 0 Å². The number of amides is 1. The number of hydrogen-bond acceptors (Lipinski definition) is 2. The molecular weight excluding hydrogens is 290 g/mol. The summed E-state index contributed by atoms with van der Waals surface area (Å²) in [6, 6.07) is 2.06. The number of hydrogen-bond donors (Lipinski definition) is 1. The molecule has 1 aliphatic rings. The molecule has 3 nitrogen and oxygen atoms in total. The van der Waals surface area contributed by atoms with Crippen LogP contribution in [0.15, 0.2) is 18.2 Å². The molecule has 0 radical (unpaired) electrons. The number of aliphatic hydroxyl groups is 1. The Morgan fingerprint density at radius 3 is 2.43 bits per heavy atom. The fourth-order valence-electron chi connectivity index (χ4n) is 2.43. The van der Waals surface area contributed by atoms with Gasteiger partial charge in [-0.1, -0.05) is 0 Å². The third-order valence-electron chi connectivity index (χ3n) is 3.68. The van der Waals surface area contributed by atoms with Crippen molar-refractivity contribution in [2.24, 2.45) is 5.92 Å². The number of piperidine rings is 1. The lowest BCUT2D eigenvalue weighted by molar-refractivity contribution is -0.138. The smallest absolute Gasteiger partial charge is 0.396 e. The van der Waals surface area contributed by atoms with E-state index in [1.807, 2.05) is 0 Å². The number of halogens is 4. The summed E-state index contributed by atoms with van der Waals surface area (Å²) < 4.78 is 51.7. The predicted octanol–water partition coefficient (Wildman–Crippen LogP) is 2.69. The fraction of sp³-hybridized carbons (Fsp3) is 0.500. The quantitative estimate of drug-likeness (QED) is 0.854. The van der Waals surface area contributed by atoms with E-state index in [2.05, 4.69) is 0 Å². The Morgan fingerprint density at radius 1 is 1.29 bits per heavy atom. The second kappa shape index (κ2) is 6.01. The molecule has 1 aromatic carbocycles. The van der Waals surface area contributed by atoms with Gasteiger partial charge in [0.25, 0.3) is 5.91 Å². The van der Waals surface area contributed by atoms with Crippen LogP contribution in [0.1, 0.15) is 28.8 Å². The summed E-state index contributed by atoms with van der Waals surface area (Å²) in [4.78, 5) is 13.5. The van der Waals surface area contributed by atoms with Crippen LogP contribution in [0.5, 0.6) is 0 Å². The molecule has 21 heavy (non-hydrogen) atoms. The molecule has 1 heterocycles. The highest BCUT2D eigenvalue weighted by Crippen LogP contribution is 2.33. The van der Waals surface area contributed by atoms with Gasteiger partial charge in [0.15, 0.2) is 0 Å². The van der Waals surface area contributed by atoms with Crippen LogP contribution >= 0.6 is 0 Å². The Bertz CT molecular complexity index is 522. The van der Waals surface area contributed by atoms with Gasteiger partial charge in [-0.2, -0.15) is 13.2 Å². The largest absolute Gasteiger partial charge is 0.417 e. The first-order valence-corrected chi connectivity index (χ1v) is 6.60. The van der Waals surface area contributed by atoms with Crippen molar-refractivity contribution >= 4 is 5.91 Å². The van der Waals surface area contributed by atoms with Crippen molar-refractivity contribution in [1.82, 2.24) is 4.90 Å². The van der Waals surface area contributed by atoms with Gasteiger partial charge in [-0.15, -0.1) is 0 Å². The van der Waals surface area contributed by atoms with E-state index in [9.17, 15) is 22.4 Å². The minimum atomic E-state index is -4.78. The van der Waals surface area contributed by atoms with Gasteiger partial charge in [-0.05, 0) is 37.0 Å². The number of benzene rings is 1.